The second-order valence-electron chi connectivity index (χ2n) is 6.96. The fourth-order valence-electron chi connectivity index (χ4n) is 3.66. The van der Waals surface area contributed by atoms with E-state index < -0.39 is 0 Å². The zero-order valence-electron chi connectivity index (χ0n) is 15.4. The molecule has 1 heterocycles. The Morgan fingerprint density at radius 3 is 2.52 bits per heavy atom. The molecule has 0 saturated heterocycles. The van der Waals surface area contributed by atoms with E-state index in [2.05, 4.69) is 42.2 Å². The van der Waals surface area contributed by atoms with Crippen LogP contribution in [-0.2, 0) is 17.8 Å². The van der Waals surface area contributed by atoms with Gasteiger partial charge >= 0.3 is 0 Å². The lowest BCUT2D eigenvalue weighted by Gasteiger charge is -2.29. The van der Waals surface area contributed by atoms with Crippen LogP contribution in [0.5, 0.6) is 0 Å². The van der Waals surface area contributed by atoms with Crippen LogP contribution in [0.15, 0.2) is 48.5 Å². The first-order chi connectivity index (χ1) is 12.1. The zero-order valence-corrected chi connectivity index (χ0v) is 15.4. The lowest BCUT2D eigenvalue weighted by Crippen LogP contribution is -2.33. The van der Waals surface area contributed by atoms with E-state index in [0.717, 1.165) is 56.7 Å². The van der Waals surface area contributed by atoms with Crippen LogP contribution < -0.4 is 4.90 Å². The van der Waals surface area contributed by atoms with Crippen LogP contribution in [-0.4, -0.2) is 30.4 Å². The third-order valence-corrected chi connectivity index (χ3v) is 5.10. The summed E-state index contributed by atoms with van der Waals surface area (Å²) < 4.78 is 0. The summed E-state index contributed by atoms with van der Waals surface area (Å²) in [5.41, 5.74) is 5.17. The van der Waals surface area contributed by atoms with Crippen molar-refractivity contribution in [2.45, 2.75) is 39.7 Å². The summed E-state index contributed by atoms with van der Waals surface area (Å²) in [5.74, 6) is 0.126. The third kappa shape index (κ3) is 4.49. The molecule has 1 amide bonds. The van der Waals surface area contributed by atoms with Gasteiger partial charge in [0.2, 0.25) is 5.91 Å². The van der Waals surface area contributed by atoms with Crippen LogP contribution in [0.3, 0.4) is 0 Å². The number of aryl methyl sites for hydroxylation is 1. The molecular weight excluding hydrogens is 308 g/mol. The minimum absolute atomic E-state index is 0.126. The number of nitrogens with zero attached hydrogens (tertiary/aromatic N) is 2. The molecule has 2 aromatic rings. The Bertz CT molecular complexity index is 725. The van der Waals surface area contributed by atoms with E-state index in [-0.39, 0.29) is 5.91 Å². The maximum absolute atomic E-state index is 12.0. The Hall–Kier alpha value is -2.13. The second kappa shape index (κ2) is 8.30. The molecule has 0 aromatic heterocycles. The monoisotopic (exact) mass is 336 g/mol. The molecule has 0 bridgehead atoms. The van der Waals surface area contributed by atoms with Gasteiger partial charge in [-0.05, 0) is 55.5 Å². The molecule has 1 aliphatic heterocycles. The Kier molecular flexibility index (Phi) is 5.87. The topological polar surface area (TPSA) is 23.6 Å². The maximum atomic E-state index is 12.0. The molecule has 0 saturated carbocycles. The Morgan fingerprint density at radius 1 is 1.04 bits per heavy atom. The molecule has 1 aliphatic rings. The van der Waals surface area contributed by atoms with Crippen LogP contribution in [0.4, 0.5) is 5.69 Å². The summed E-state index contributed by atoms with van der Waals surface area (Å²) in [7, 11) is 0. The molecule has 0 fully saturated rings. The molecule has 0 spiro atoms. The first kappa shape index (κ1) is 17.7. The fourth-order valence-corrected chi connectivity index (χ4v) is 3.66. The summed E-state index contributed by atoms with van der Waals surface area (Å²) in [5, 5.41) is 0. The molecule has 3 rings (SSSR count). The molecule has 25 heavy (non-hydrogen) atoms. The number of para-hydroxylation sites is 1. The van der Waals surface area contributed by atoms with Gasteiger partial charge < -0.3 is 4.90 Å². The van der Waals surface area contributed by atoms with Crippen molar-refractivity contribution in [2.24, 2.45) is 0 Å². The largest absolute Gasteiger partial charge is 0.312 e. The highest BCUT2D eigenvalue weighted by Crippen LogP contribution is 2.21. The fraction of sp³-hybridized carbons (Fsp3) is 0.409. The van der Waals surface area contributed by atoms with Crippen molar-refractivity contribution in [3.63, 3.8) is 0 Å². The predicted molar refractivity (Wildman–Crippen MR) is 104 cm³/mol. The molecule has 3 nitrogen and oxygen atoms in total. The Balaban J connectivity index is 1.49. The molecular formula is C22H28N2O. The van der Waals surface area contributed by atoms with E-state index in [1.807, 2.05) is 23.1 Å². The molecule has 2 aromatic carbocycles. The highest BCUT2D eigenvalue weighted by atomic mass is 16.2. The summed E-state index contributed by atoms with van der Waals surface area (Å²) in [6.45, 7) is 7.83. The van der Waals surface area contributed by atoms with Gasteiger partial charge in [0, 0.05) is 32.2 Å². The molecule has 132 valence electrons. The van der Waals surface area contributed by atoms with E-state index in [1.165, 1.54) is 11.1 Å². The number of fused-ring (bicyclic) bond motifs is 1. The van der Waals surface area contributed by atoms with Crippen LogP contribution >= 0.6 is 0 Å². The van der Waals surface area contributed by atoms with E-state index in [9.17, 15) is 4.79 Å². The van der Waals surface area contributed by atoms with Crippen molar-refractivity contribution in [2.75, 3.05) is 24.5 Å². The number of rotatable bonds is 6. The van der Waals surface area contributed by atoms with Crippen molar-refractivity contribution in [1.82, 2.24) is 4.90 Å². The molecule has 0 atom stereocenters. The molecule has 3 heteroatoms. The number of hydrogen-bond donors (Lipinski definition) is 0. The minimum atomic E-state index is 0.126. The number of amides is 1. The smallest absolute Gasteiger partial charge is 0.223 e. The Morgan fingerprint density at radius 2 is 1.76 bits per heavy atom. The molecule has 0 unspecified atom stereocenters. The number of anilines is 1. The van der Waals surface area contributed by atoms with Crippen molar-refractivity contribution < 1.29 is 4.79 Å². The average Bonchev–Trinajstić information content (AvgIpc) is 2.62. The van der Waals surface area contributed by atoms with Gasteiger partial charge in [-0.15, -0.1) is 0 Å². The maximum Gasteiger partial charge on any atom is 0.223 e. The van der Waals surface area contributed by atoms with Crippen molar-refractivity contribution >= 4 is 11.6 Å². The van der Waals surface area contributed by atoms with Crippen molar-refractivity contribution in [3.8, 4) is 0 Å². The summed E-state index contributed by atoms with van der Waals surface area (Å²) in [6, 6.07) is 16.9. The number of carbonyl (C=O) groups excluding carboxylic acids is 1. The summed E-state index contributed by atoms with van der Waals surface area (Å²) in [6.07, 6.45) is 3.31. The third-order valence-electron chi connectivity index (χ3n) is 5.10. The highest BCUT2D eigenvalue weighted by molar-refractivity contribution is 5.92. The van der Waals surface area contributed by atoms with Gasteiger partial charge in [-0.2, -0.15) is 0 Å². The number of benzene rings is 2. The van der Waals surface area contributed by atoms with Crippen LogP contribution in [0, 0.1) is 6.92 Å². The standard InChI is InChI=1S/C22H28N2O/c1-18-9-3-6-12-22(18)24(19(2)25)15-8-7-14-23-16-13-20-10-4-5-11-21(20)17-23/h3-6,9-12H,7-8,13-17H2,1-2H3. The van der Waals surface area contributed by atoms with Gasteiger partial charge in [0.1, 0.15) is 0 Å². The quantitative estimate of drug-likeness (QED) is 0.739. The van der Waals surface area contributed by atoms with E-state index in [1.54, 1.807) is 6.92 Å². The molecule has 0 aliphatic carbocycles. The predicted octanol–water partition coefficient (Wildman–Crippen LogP) is 4.19. The average molecular weight is 336 g/mol. The number of hydrogen-bond acceptors (Lipinski definition) is 2. The van der Waals surface area contributed by atoms with Gasteiger partial charge in [0.05, 0.1) is 0 Å². The van der Waals surface area contributed by atoms with Gasteiger partial charge in [-0.1, -0.05) is 42.5 Å². The zero-order chi connectivity index (χ0) is 17.6. The number of unbranched alkanes of at least 4 members (excludes halogenated alkanes) is 1. The van der Waals surface area contributed by atoms with E-state index in [0.29, 0.717) is 0 Å². The molecule has 0 N–H and O–H groups in total. The van der Waals surface area contributed by atoms with E-state index >= 15 is 0 Å². The first-order valence-corrected chi connectivity index (χ1v) is 9.28. The summed E-state index contributed by atoms with van der Waals surface area (Å²) >= 11 is 0. The lowest BCUT2D eigenvalue weighted by atomic mass is 10.00. The van der Waals surface area contributed by atoms with Gasteiger partial charge in [0.25, 0.3) is 0 Å². The summed E-state index contributed by atoms with van der Waals surface area (Å²) in [4.78, 5) is 16.5. The highest BCUT2D eigenvalue weighted by Gasteiger charge is 2.16. The number of carbonyl (C=O) groups is 1. The van der Waals surface area contributed by atoms with Crippen LogP contribution in [0.25, 0.3) is 0 Å². The first-order valence-electron chi connectivity index (χ1n) is 9.28. The SMILES string of the molecule is CC(=O)N(CCCCN1CCc2ccccc2C1)c1ccccc1C. The minimum Gasteiger partial charge on any atom is -0.312 e. The van der Waals surface area contributed by atoms with Gasteiger partial charge in [-0.25, -0.2) is 0 Å². The van der Waals surface area contributed by atoms with Crippen LogP contribution in [0.1, 0.15) is 36.5 Å². The van der Waals surface area contributed by atoms with Crippen molar-refractivity contribution in [3.05, 3.63) is 65.2 Å². The lowest BCUT2D eigenvalue weighted by molar-refractivity contribution is -0.116. The van der Waals surface area contributed by atoms with Gasteiger partial charge in [0.15, 0.2) is 0 Å². The Labute approximate surface area is 151 Å². The van der Waals surface area contributed by atoms with Crippen LogP contribution in [0.2, 0.25) is 0 Å². The normalized spacial score (nSPS) is 14.2. The van der Waals surface area contributed by atoms with Crippen molar-refractivity contribution in [1.29, 1.82) is 0 Å². The second-order valence-corrected chi connectivity index (χ2v) is 6.96. The van der Waals surface area contributed by atoms with E-state index in [4.69, 9.17) is 0 Å². The molecule has 0 radical (unpaired) electrons. The van der Waals surface area contributed by atoms with Gasteiger partial charge in [-0.3, -0.25) is 9.69 Å².